The van der Waals surface area contributed by atoms with Gasteiger partial charge in [-0.3, -0.25) is 4.79 Å². The predicted molar refractivity (Wildman–Crippen MR) is 70.9 cm³/mol. The molecular formula is C13H21N3O3. The fraction of sp³-hybridized carbons (Fsp3) is 0.692. The minimum Gasteiger partial charge on any atom is -0.393 e. The predicted octanol–water partition coefficient (Wildman–Crippen LogP) is 1.02. The number of anilines is 1. The lowest BCUT2D eigenvalue weighted by molar-refractivity contribution is -0.119. The van der Waals surface area contributed by atoms with Crippen molar-refractivity contribution in [3.8, 4) is 0 Å². The van der Waals surface area contributed by atoms with E-state index in [-0.39, 0.29) is 17.4 Å². The van der Waals surface area contributed by atoms with E-state index in [0.717, 1.165) is 5.76 Å². The van der Waals surface area contributed by atoms with Crippen LogP contribution in [0.3, 0.4) is 0 Å². The summed E-state index contributed by atoms with van der Waals surface area (Å²) in [7, 11) is 0. The molecule has 19 heavy (non-hydrogen) atoms. The third-order valence-electron chi connectivity index (χ3n) is 3.19. The molecule has 1 aromatic rings. The van der Waals surface area contributed by atoms with Crippen LogP contribution in [-0.2, 0) is 10.2 Å². The molecule has 1 amide bonds. The molecule has 0 spiro atoms. The first kappa shape index (κ1) is 14.0. The van der Waals surface area contributed by atoms with Crippen LogP contribution in [-0.4, -0.2) is 34.9 Å². The van der Waals surface area contributed by atoms with E-state index in [9.17, 15) is 9.90 Å². The van der Waals surface area contributed by atoms with E-state index < -0.39 is 6.10 Å². The quantitative estimate of drug-likeness (QED) is 0.744. The highest BCUT2D eigenvalue weighted by atomic mass is 16.5. The molecule has 6 nitrogen and oxygen atoms in total. The average molecular weight is 267 g/mol. The van der Waals surface area contributed by atoms with Crippen LogP contribution in [0.15, 0.2) is 10.6 Å². The van der Waals surface area contributed by atoms with Gasteiger partial charge < -0.3 is 20.3 Å². The van der Waals surface area contributed by atoms with Crippen molar-refractivity contribution in [2.24, 2.45) is 0 Å². The fourth-order valence-corrected chi connectivity index (χ4v) is 2.00. The van der Waals surface area contributed by atoms with E-state index in [2.05, 4.69) is 15.8 Å². The summed E-state index contributed by atoms with van der Waals surface area (Å²) in [6.07, 6.45) is 0.692. The Labute approximate surface area is 112 Å². The van der Waals surface area contributed by atoms with E-state index in [0.29, 0.717) is 25.2 Å². The number of carbonyl (C=O) groups is 1. The molecule has 0 aromatic carbocycles. The zero-order valence-corrected chi connectivity index (χ0v) is 11.6. The van der Waals surface area contributed by atoms with Crippen LogP contribution in [0.5, 0.6) is 0 Å². The van der Waals surface area contributed by atoms with Crippen LogP contribution < -0.4 is 10.6 Å². The molecule has 2 heterocycles. The third-order valence-corrected chi connectivity index (χ3v) is 3.19. The topological polar surface area (TPSA) is 87.4 Å². The molecule has 2 rings (SSSR count). The molecule has 1 saturated heterocycles. The number of nitrogens with one attached hydrogen (secondary N) is 2. The second kappa shape index (κ2) is 5.30. The normalized spacial score (nSPS) is 24.2. The molecule has 0 radical (unpaired) electrons. The number of nitrogens with zero attached hydrogens (tertiary/aromatic N) is 1. The molecule has 106 valence electrons. The fourth-order valence-electron chi connectivity index (χ4n) is 2.00. The SMILES string of the molecule is CC(C)(C)c1cc(NC(=O)C2CC(O)CCN2)no1. The van der Waals surface area contributed by atoms with Crippen LogP contribution in [0.1, 0.15) is 39.4 Å². The van der Waals surface area contributed by atoms with E-state index in [1.807, 2.05) is 20.8 Å². The molecule has 0 saturated carbocycles. The van der Waals surface area contributed by atoms with Gasteiger partial charge in [-0.1, -0.05) is 25.9 Å². The van der Waals surface area contributed by atoms with Gasteiger partial charge in [-0.15, -0.1) is 0 Å². The van der Waals surface area contributed by atoms with E-state index in [1.165, 1.54) is 0 Å². The Hall–Kier alpha value is -1.40. The number of aliphatic hydroxyl groups excluding tert-OH is 1. The maximum Gasteiger partial charge on any atom is 0.242 e. The van der Waals surface area contributed by atoms with Gasteiger partial charge in [0, 0.05) is 11.5 Å². The first-order valence-electron chi connectivity index (χ1n) is 6.56. The molecule has 0 aliphatic carbocycles. The van der Waals surface area contributed by atoms with E-state index >= 15 is 0 Å². The summed E-state index contributed by atoms with van der Waals surface area (Å²) in [4.78, 5) is 12.0. The van der Waals surface area contributed by atoms with Crippen molar-refractivity contribution in [3.05, 3.63) is 11.8 Å². The number of aromatic nitrogens is 1. The average Bonchev–Trinajstić information content (AvgIpc) is 2.77. The van der Waals surface area contributed by atoms with Gasteiger partial charge >= 0.3 is 0 Å². The van der Waals surface area contributed by atoms with E-state index in [4.69, 9.17) is 4.52 Å². The van der Waals surface area contributed by atoms with Gasteiger partial charge in [0.1, 0.15) is 5.76 Å². The molecular weight excluding hydrogens is 246 g/mol. The summed E-state index contributed by atoms with van der Waals surface area (Å²) in [5.41, 5.74) is -0.144. The molecule has 3 N–H and O–H groups in total. The van der Waals surface area contributed by atoms with Gasteiger partial charge in [-0.2, -0.15) is 0 Å². The molecule has 6 heteroatoms. The summed E-state index contributed by atoms with van der Waals surface area (Å²) in [6, 6.07) is 1.36. The molecule has 1 aliphatic heterocycles. The lowest BCUT2D eigenvalue weighted by Crippen LogP contribution is -2.47. The molecule has 1 aromatic heterocycles. The van der Waals surface area contributed by atoms with Gasteiger partial charge in [-0.25, -0.2) is 0 Å². The van der Waals surface area contributed by atoms with Gasteiger partial charge in [-0.05, 0) is 19.4 Å². The van der Waals surface area contributed by atoms with Gasteiger partial charge in [0.2, 0.25) is 5.91 Å². The van der Waals surface area contributed by atoms with E-state index in [1.54, 1.807) is 6.07 Å². The monoisotopic (exact) mass is 267 g/mol. The number of hydrogen-bond donors (Lipinski definition) is 3. The van der Waals surface area contributed by atoms with Crippen LogP contribution >= 0.6 is 0 Å². The highest BCUT2D eigenvalue weighted by Gasteiger charge is 2.27. The van der Waals surface area contributed by atoms with Crippen molar-refractivity contribution in [1.29, 1.82) is 0 Å². The summed E-state index contributed by atoms with van der Waals surface area (Å²) >= 11 is 0. The zero-order chi connectivity index (χ0) is 14.0. The van der Waals surface area contributed by atoms with Crippen LogP contribution in [0.25, 0.3) is 0 Å². The lowest BCUT2D eigenvalue weighted by Gasteiger charge is -2.25. The molecule has 2 atom stereocenters. The van der Waals surface area contributed by atoms with Crippen molar-refractivity contribution >= 4 is 11.7 Å². The Balaban J connectivity index is 1.97. The number of amides is 1. The molecule has 1 fully saturated rings. The number of piperidine rings is 1. The smallest absolute Gasteiger partial charge is 0.242 e. The standard InChI is InChI=1S/C13H21N3O3/c1-13(2,3)10-7-11(16-19-10)15-12(18)9-6-8(17)4-5-14-9/h7-9,14,17H,4-6H2,1-3H3,(H,15,16,18). The highest BCUT2D eigenvalue weighted by Crippen LogP contribution is 2.24. The Morgan fingerprint density at radius 2 is 2.32 bits per heavy atom. The third kappa shape index (κ3) is 3.54. The van der Waals surface area contributed by atoms with Gasteiger partial charge in [0.05, 0.1) is 12.1 Å². The first-order chi connectivity index (χ1) is 8.86. The highest BCUT2D eigenvalue weighted by molar-refractivity contribution is 5.94. The summed E-state index contributed by atoms with van der Waals surface area (Å²) in [5.74, 6) is 0.948. The van der Waals surface area contributed by atoms with Crippen LogP contribution in [0, 0.1) is 0 Å². The van der Waals surface area contributed by atoms with Crippen LogP contribution in [0.4, 0.5) is 5.82 Å². The Kier molecular flexibility index (Phi) is 3.91. The van der Waals surface area contributed by atoms with Crippen molar-refractivity contribution in [3.63, 3.8) is 0 Å². The van der Waals surface area contributed by atoms with Gasteiger partial charge in [0.15, 0.2) is 5.82 Å². The number of aliphatic hydroxyl groups is 1. The summed E-state index contributed by atoms with van der Waals surface area (Å²) < 4.78 is 5.20. The number of carbonyl (C=O) groups excluding carboxylic acids is 1. The first-order valence-corrected chi connectivity index (χ1v) is 6.56. The maximum absolute atomic E-state index is 12.0. The second-order valence-corrected chi connectivity index (χ2v) is 6.00. The Morgan fingerprint density at radius 1 is 1.58 bits per heavy atom. The van der Waals surface area contributed by atoms with Crippen molar-refractivity contribution in [1.82, 2.24) is 10.5 Å². The Morgan fingerprint density at radius 3 is 2.89 bits per heavy atom. The van der Waals surface area contributed by atoms with Gasteiger partial charge in [0.25, 0.3) is 0 Å². The zero-order valence-electron chi connectivity index (χ0n) is 11.6. The summed E-state index contributed by atoms with van der Waals surface area (Å²) in [5, 5.41) is 19.2. The minimum absolute atomic E-state index is 0.144. The second-order valence-electron chi connectivity index (χ2n) is 6.00. The minimum atomic E-state index is -0.417. The van der Waals surface area contributed by atoms with Crippen molar-refractivity contribution in [2.75, 3.05) is 11.9 Å². The lowest BCUT2D eigenvalue weighted by atomic mass is 9.93. The van der Waals surface area contributed by atoms with Crippen LogP contribution in [0.2, 0.25) is 0 Å². The van der Waals surface area contributed by atoms with Crippen molar-refractivity contribution in [2.45, 2.75) is 51.2 Å². The summed E-state index contributed by atoms with van der Waals surface area (Å²) in [6.45, 7) is 6.68. The molecule has 0 bridgehead atoms. The molecule has 1 aliphatic rings. The number of hydrogen-bond acceptors (Lipinski definition) is 5. The Bertz CT molecular complexity index is 450. The molecule has 2 unspecified atom stereocenters. The number of rotatable bonds is 2. The largest absolute Gasteiger partial charge is 0.393 e. The van der Waals surface area contributed by atoms with Crippen molar-refractivity contribution < 1.29 is 14.4 Å². The maximum atomic E-state index is 12.0.